The van der Waals surface area contributed by atoms with E-state index in [9.17, 15) is 9.18 Å². The highest BCUT2D eigenvalue weighted by Crippen LogP contribution is 2.32. The molecule has 5 rings (SSSR count). The second-order valence-electron chi connectivity index (χ2n) is 9.24. The van der Waals surface area contributed by atoms with Crippen molar-refractivity contribution >= 4 is 17.1 Å². The average molecular weight is 500 g/mol. The third-order valence-corrected chi connectivity index (χ3v) is 6.62. The third kappa shape index (κ3) is 5.71. The van der Waals surface area contributed by atoms with Gasteiger partial charge < -0.3 is 9.47 Å². The lowest BCUT2D eigenvalue weighted by Crippen LogP contribution is -2.25. The number of aromatic nitrogens is 2. The molecule has 1 aliphatic rings. The number of para-hydroxylation sites is 1. The first-order valence-corrected chi connectivity index (χ1v) is 12.8. The molecule has 0 saturated heterocycles. The number of halogens is 1. The van der Waals surface area contributed by atoms with Crippen LogP contribution < -0.4 is 15.0 Å². The van der Waals surface area contributed by atoms with Gasteiger partial charge in [-0.2, -0.15) is 9.78 Å². The van der Waals surface area contributed by atoms with Crippen LogP contribution in [-0.2, 0) is 6.61 Å². The van der Waals surface area contributed by atoms with Gasteiger partial charge in [0.2, 0.25) is 0 Å². The molecule has 0 unspecified atom stereocenters. The number of benzene rings is 3. The number of hydrogen-bond acceptors (Lipinski definition) is 5. The van der Waals surface area contributed by atoms with E-state index in [2.05, 4.69) is 5.10 Å². The molecule has 1 heterocycles. The summed E-state index contributed by atoms with van der Waals surface area (Å²) in [5, 5.41) is 5.17. The van der Waals surface area contributed by atoms with Gasteiger partial charge in [0.25, 0.3) is 5.56 Å². The molecule has 4 aromatic rings. The summed E-state index contributed by atoms with van der Waals surface area (Å²) in [4.78, 5) is 18.3. The van der Waals surface area contributed by atoms with Crippen LogP contribution in [0.25, 0.3) is 10.9 Å². The largest absolute Gasteiger partial charge is 0.490 e. The molecule has 1 saturated carbocycles. The van der Waals surface area contributed by atoms with E-state index in [4.69, 9.17) is 14.5 Å². The fourth-order valence-electron chi connectivity index (χ4n) is 4.78. The van der Waals surface area contributed by atoms with Crippen molar-refractivity contribution in [3.63, 3.8) is 0 Å². The predicted octanol–water partition coefficient (Wildman–Crippen LogP) is 6.44. The second-order valence-corrected chi connectivity index (χ2v) is 9.24. The zero-order valence-electron chi connectivity index (χ0n) is 20.9. The maximum Gasteiger partial charge on any atom is 0.282 e. The lowest BCUT2D eigenvalue weighted by atomic mass is 9.88. The molecule has 37 heavy (non-hydrogen) atoms. The first-order chi connectivity index (χ1) is 18.1. The van der Waals surface area contributed by atoms with Crippen LogP contribution in [0.1, 0.15) is 61.9 Å². The molecule has 1 aromatic heterocycles. The summed E-state index contributed by atoms with van der Waals surface area (Å²) < 4.78 is 26.7. The summed E-state index contributed by atoms with van der Waals surface area (Å²) in [5.41, 5.74) is 2.03. The van der Waals surface area contributed by atoms with Gasteiger partial charge in [-0.15, -0.1) is 0 Å². The quantitative estimate of drug-likeness (QED) is 0.262. The van der Waals surface area contributed by atoms with Crippen molar-refractivity contribution < 1.29 is 13.9 Å². The lowest BCUT2D eigenvalue weighted by Gasteiger charge is -2.22. The molecular weight excluding hydrogens is 469 g/mol. The molecule has 6 nitrogen and oxygen atoms in total. The molecular formula is C30H30FN3O3. The van der Waals surface area contributed by atoms with Gasteiger partial charge in [-0.1, -0.05) is 43.5 Å². The Morgan fingerprint density at radius 2 is 1.84 bits per heavy atom. The number of rotatable bonds is 8. The Labute approximate surface area is 215 Å². The number of nitrogens with zero attached hydrogens (tertiary/aromatic N) is 3. The van der Waals surface area contributed by atoms with Crippen LogP contribution in [0.15, 0.2) is 76.6 Å². The van der Waals surface area contributed by atoms with Crippen LogP contribution in [0.3, 0.4) is 0 Å². The fraction of sp³-hybridized carbons (Fsp3) is 0.300. The fourth-order valence-corrected chi connectivity index (χ4v) is 4.78. The van der Waals surface area contributed by atoms with Gasteiger partial charge >= 0.3 is 0 Å². The van der Waals surface area contributed by atoms with Gasteiger partial charge in [-0.05, 0) is 73.4 Å². The summed E-state index contributed by atoms with van der Waals surface area (Å²) in [6.45, 7) is 2.57. The van der Waals surface area contributed by atoms with Crippen molar-refractivity contribution in [3.05, 3.63) is 99.9 Å². The minimum atomic E-state index is -0.302. The first kappa shape index (κ1) is 24.7. The smallest absolute Gasteiger partial charge is 0.282 e. The first-order valence-electron chi connectivity index (χ1n) is 12.8. The van der Waals surface area contributed by atoms with Crippen LogP contribution in [0.4, 0.5) is 4.39 Å². The highest BCUT2D eigenvalue weighted by molar-refractivity contribution is 5.81. The Kier molecular flexibility index (Phi) is 7.59. The summed E-state index contributed by atoms with van der Waals surface area (Å²) in [6, 6.07) is 19.2. The third-order valence-electron chi connectivity index (χ3n) is 6.62. The van der Waals surface area contributed by atoms with Crippen molar-refractivity contribution in [2.75, 3.05) is 6.61 Å². The van der Waals surface area contributed by atoms with Gasteiger partial charge in [-0.3, -0.25) is 4.79 Å². The Hall–Kier alpha value is -4.00. The zero-order chi connectivity index (χ0) is 25.6. The maximum absolute atomic E-state index is 13.5. The molecule has 0 amide bonds. The molecule has 1 fully saturated rings. The minimum Gasteiger partial charge on any atom is -0.490 e. The van der Waals surface area contributed by atoms with Gasteiger partial charge in [0.1, 0.15) is 18.2 Å². The lowest BCUT2D eigenvalue weighted by molar-refractivity contribution is 0.269. The van der Waals surface area contributed by atoms with E-state index in [0.717, 1.165) is 42.6 Å². The van der Waals surface area contributed by atoms with Crippen molar-refractivity contribution in [1.82, 2.24) is 9.66 Å². The topological polar surface area (TPSA) is 65.7 Å². The van der Waals surface area contributed by atoms with Crippen LogP contribution in [0, 0.1) is 5.82 Å². The second kappa shape index (κ2) is 11.4. The molecule has 0 atom stereocenters. The maximum atomic E-state index is 13.5. The number of fused-ring (bicyclic) bond motifs is 1. The highest BCUT2D eigenvalue weighted by Gasteiger charge is 2.22. The summed E-state index contributed by atoms with van der Waals surface area (Å²) in [6.07, 6.45) is 7.14. The van der Waals surface area contributed by atoms with Crippen LogP contribution in [0.5, 0.6) is 11.5 Å². The Morgan fingerprint density at radius 1 is 1.00 bits per heavy atom. The molecule has 190 valence electrons. The van der Waals surface area contributed by atoms with Gasteiger partial charge in [0.05, 0.1) is 23.7 Å². The van der Waals surface area contributed by atoms with E-state index in [1.54, 1.807) is 24.4 Å². The van der Waals surface area contributed by atoms with Crippen molar-refractivity contribution in [2.24, 2.45) is 5.10 Å². The van der Waals surface area contributed by atoms with Crippen molar-refractivity contribution in [1.29, 1.82) is 0 Å². The van der Waals surface area contributed by atoms with E-state index in [1.165, 1.54) is 23.2 Å². The van der Waals surface area contributed by atoms with Crippen molar-refractivity contribution in [2.45, 2.75) is 51.6 Å². The Morgan fingerprint density at radius 3 is 2.65 bits per heavy atom. The molecule has 0 radical (unpaired) electrons. The van der Waals surface area contributed by atoms with E-state index in [-0.39, 0.29) is 23.9 Å². The molecule has 0 bridgehead atoms. The van der Waals surface area contributed by atoms with Gasteiger partial charge in [0.15, 0.2) is 11.5 Å². The number of hydrogen-bond donors (Lipinski definition) is 0. The summed E-state index contributed by atoms with van der Waals surface area (Å²) >= 11 is 0. The number of ether oxygens (including phenoxy) is 2. The monoisotopic (exact) mass is 499 g/mol. The zero-order valence-corrected chi connectivity index (χ0v) is 20.9. The van der Waals surface area contributed by atoms with E-state index < -0.39 is 0 Å². The molecule has 0 spiro atoms. The minimum absolute atomic E-state index is 0.164. The van der Waals surface area contributed by atoms with Crippen LogP contribution in [0.2, 0.25) is 0 Å². The Bertz CT molecular complexity index is 1470. The molecule has 0 N–H and O–H groups in total. The van der Waals surface area contributed by atoms with Crippen LogP contribution in [-0.4, -0.2) is 22.5 Å². The highest BCUT2D eigenvalue weighted by atomic mass is 19.1. The molecule has 1 aliphatic carbocycles. The molecule has 7 heteroatoms. The van der Waals surface area contributed by atoms with Crippen LogP contribution >= 0.6 is 0 Å². The van der Waals surface area contributed by atoms with E-state index in [0.29, 0.717) is 29.0 Å². The molecule has 0 aliphatic heterocycles. The van der Waals surface area contributed by atoms with E-state index >= 15 is 0 Å². The summed E-state index contributed by atoms with van der Waals surface area (Å²) in [5.74, 6) is 1.74. The van der Waals surface area contributed by atoms with Gasteiger partial charge in [-0.25, -0.2) is 9.37 Å². The standard InChI is InChI=1S/C30H30FN3O3/c1-2-36-28-18-21(15-16-27(28)37-20-22-9-8-12-24(31)17-22)19-32-34-29(23-10-4-3-5-11-23)33-26-14-7-6-13-25(26)30(34)35/h6-9,12-19,23H,2-5,10-11,20H2,1H3. The predicted molar refractivity (Wildman–Crippen MR) is 143 cm³/mol. The molecule has 3 aromatic carbocycles. The average Bonchev–Trinajstić information content (AvgIpc) is 2.93. The SMILES string of the molecule is CCOc1cc(C=Nn2c(C3CCCCC3)nc3ccccc3c2=O)ccc1OCc1cccc(F)c1. The summed E-state index contributed by atoms with van der Waals surface area (Å²) in [7, 11) is 0. The Balaban J connectivity index is 1.45. The van der Waals surface area contributed by atoms with E-state index in [1.807, 2.05) is 43.3 Å². The normalized spacial score (nSPS) is 14.3. The van der Waals surface area contributed by atoms with Crippen molar-refractivity contribution in [3.8, 4) is 11.5 Å². The van der Waals surface area contributed by atoms with Gasteiger partial charge in [0, 0.05) is 5.92 Å².